The van der Waals surface area contributed by atoms with Crippen molar-refractivity contribution in [1.29, 1.82) is 0 Å². The lowest BCUT2D eigenvalue weighted by Crippen LogP contribution is -2.21. The van der Waals surface area contributed by atoms with E-state index in [1.54, 1.807) is 0 Å². The fourth-order valence-corrected chi connectivity index (χ4v) is 0.814. The molecule has 0 aromatic heterocycles. The smallest absolute Gasteiger partial charge is 0.401 e. The molecule has 0 N–H and O–H groups in total. The Morgan fingerprint density at radius 3 is 1.90 bits per heavy atom. The van der Waals surface area contributed by atoms with E-state index >= 15 is 0 Å². The van der Waals surface area contributed by atoms with Gasteiger partial charge in [0.2, 0.25) is 0 Å². The van der Waals surface area contributed by atoms with Gasteiger partial charge in [0, 0.05) is 0 Å². The average Bonchev–Trinajstić information content (AvgIpc) is 1.60. The van der Waals surface area contributed by atoms with Crippen LogP contribution in [-0.4, -0.2) is 27.4 Å². The molecule has 0 fully saturated rings. The molecule has 0 aliphatic carbocycles. The molecule has 62 valence electrons. The Morgan fingerprint density at radius 2 is 1.80 bits per heavy atom. The topological polar surface area (TPSA) is 48.2 Å². The van der Waals surface area contributed by atoms with Crippen LogP contribution in [0.3, 0.4) is 0 Å². The zero-order valence-corrected chi connectivity index (χ0v) is 5.83. The first kappa shape index (κ1) is 9.70. The molecule has 0 amide bonds. The molecule has 0 aliphatic rings. The van der Waals surface area contributed by atoms with Gasteiger partial charge in [0.05, 0.1) is 10.0 Å². The van der Waals surface area contributed by atoms with Crippen molar-refractivity contribution >= 4 is 10.0 Å². The summed E-state index contributed by atoms with van der Waals surface area (Å²) in [5.41, 5.74) is 0. The van der Waals surface area contributed by atoms with Crippen LogP contribution in [0.4, 0.5) is 13.2 Å². The van der Waals surface area contributed by atoms with Crippen LogP contribution in [-0.2, 0) is 10.0 Å². The van der Waals surface area contributed by atoms with Gasteiger partial charge in [-0.15, -0.1) is 0 Å². The summed E-state index contributed by atoms with van der Waals surface area (Å²) in [5.74, 6) is -1.88. The number of hydrogen-bond donors (Lipinski definition) is 0. The summed E-state index contributed by atoms with van der Waals surface area (Å²) < 4.78 is 56.7. The minimum atomic E-state index is -4.70. The second-order valence-corrected chi connectivity index (χ2v) is 3.34. The van der Waals surface area contributed by atoms with Crippen molar-refractivity contribution in [2.45, 2.75) is 6.18 Å². The Bertz CT molecular complexity index is 194. The van der Waals surface area contributed by atoms with Crippen LogP contribution in [0, 0.1) is 0 Å². The van der Waals surface area contributed by atoms with Gasteiger partial charge < -0.3 is 4.72 Å². The summed E-state index contributed by atoms with van der Waals surface area (Å²) in [4.78, 5) is 0. The van der Waals surface area contributed by atoms with Crippen LogP contribution in [0.2, 0.25) is 0 Å². The molecule has 0 bridgehead atoms. The van der Waals surface area contributed by atoms with Crippen LogP contribution < -0.4 is 0 Å². The highest BCUT2D eigenvalue weighted by Crippen LogP contribution is 2.18. The molecule has 0 aromatic rings. The molecule has 7 heteroatoms. The fourth-order valence-electron chi connectivity index (χ4n) is 0.271. The molecule has 0 saturated heterocycles. The normalized spacial score (nSPS) is 13.6. The van der Waals surface area contributed by atoms with Crippen molar-refractivity contribution in [2.75, 3.05) is 12.8 Å². The first-order valence-corrected chi connectivity index (χ1v) is 3.78. The minimum Gasteiger partial charge on any atom is -0.551 e. The molecule has 0 saturated carbocycles. The number of rotatable bonds is 2. The Kier molecular flexibility index (Phi) is 2.67. The summed E-state index contributed by atoms with van der Waals surface area (Å²) in [7, 11) is -3.47. The van der Waals surface area contributed by atoms with Crippen molar-refractivity contribution in [3.8, 4) is 0 Å². The number of nitrogens with zero attached hydrogens (tertiary/aromatic N) is 1. The number of halogens is 3. The van der Waals surface area contributed by atoms with E-state index in [9.17, 15) is 21.6 Å². The van der Waals surface area contributed by atoms with E-state index in [2.05, 4.69) is 4.72 Å². The second-order valence-electron chi connectivity index (χ2n) is 1.52. The molecule has 0 radical (unpaired) electrons. The molecule has 0 unspecified atom stereocenters. The van der Waals surface area contributed by atoms with Crippen LogP contribution >= 0.6 is 0 Å². The van der Waals surface area contributed by atoms with E-state index in [1.165, 1.54) is 0 Å². The molecule has 0 rings (SSSR count). The predicted octanol–water partition coefficient (Wildman–Crippen LogP) is 0.882. The van der Waals surface area contributed by atoms with Gasteiger partial charge >= 0.3 is 6.18 Å². The summed E-state index contributed by atoms with van der Waals surface area (Å²) in [6.07, 6.45) is -4.70. The number of hydrogen-bond acceptors (Lipinski definition) is 2. The molecule has 0 aliphatic heterocycles. The van der Waals surface area contributed by atoms with Crippen LogP contribution in [0.25, 0.3) is 4.72 Å². The van der Waals surface area contributed by atoms with Crippen molar-refractivity contribution in [3.63, 3.8) is 0 Å². The maximum absolute atomic E-state index is 11.3. The molecular formula is C3H5F3NO2S-. The van der Waals surface area contributed by atoms with E-state index < -0.39 is 22.0 Å². The first-order chi connectivity index (χ1) is 4.27. The largest absolute Gasteiger partial charge is 0.551 e. The van der Waals surface area contributed by atoms with E-state index in [-0.39, 0.29) is 0 Å². The molecular weight excluding hydrogens is 171 g/mol. The van der Waals surface area contributed by atoms with Gasteiger partial charge in [-0.05, 0) is 0 Å². The zero-order chi connectivity index (χ0) is 8.41. The van der Waals surface area contributed by atoms with E-state index in [4.69, 9.17) is 0 Å². The van der Waals surface area contributed by atoms with Gasteiger partial charge in [-0.2, -0.15) is 20.2 Å². The Morgan fingerprint density at radius 1 is 1.40 bits per heavy atom. The van der Waals surface area contributed by atoms with E-state index in [0.717, 1.165) is 7.05 Å². The highest BCUT2D eigenvalue weighted by molar-refractivity contribution is 7.93. The van der Waals surface area contributed by atoms with Crippen LogP contribution in [0.1, 0.15) is 0 Å². The third kappa shape index (κ3) is 4.57. The van der Waals surface area contributed by atoms with E-state index in [1.807, 2.05) is 0 Å². The van der Waals surface area contributed by atoms with Crippen LogP contribution in [0.5, 0.6) is 0 Å². The molecule has 10 heavy (non-hydrogen) atoms. The maximum Gasteiger partial charge on any atom is 0.401 e. The van der Waals surface area contributed by atoms with Gasteiger partial charge in [0.1, 0.15) is 5.75 Å². The van der Waals surface area contributed by atoms with Gasteiger partial charge in [-0.25, -0.2) is 8.42 Å². The van der Waals surface area contributed by atoms with Gasteiger partial charge in [0.25, 0.3) is 0 Å². The first-order valence-electron chi connectivity index (χ1n) is 2.17. The van der Waals surface area contributed by atoms with Gasteiger partial charge in [-0.1, -0.05) is 0 Å². The van der Waals surface area contributed by atoms with Crippen molar-refractivity contribution in [3.05, 3.63) is 4.72 Å². The lowest BCUT2D eigenvalue weighted by Gasteiger charge is -2.14. The monoisotopic (exact) mass is 176 g/mol. The third-order valence-corrected chi connectivity index (χ3v) is 1.87. The fraction of sp³-hybridized carbons (Fsp3) is 1.00. The summed E-state index contributed by atoms with van der Waals surface area (Å²) in [6, 6.07) is 0. The Labute approximate surface area is 56.3 Å². The quantitative estimate of drug-likeness (QED) is 0.627. The summed E-state index contributed by atoms with van der Waals surface area (Å²) in [6.45, 7) is 0. The third-order valence-electron chi connectivity index (χ3n) is 0.624. The zero-order valence-electron chi connectivity index (χ0n) is 5.01. The number of sulfonamides is 1. The molecule has 0 spiro atoms. The maximum atomic E-state index is 11.3. The van der Waals surface area contributed by atoms with Crippen LogP contribution in [0.15, 0.2) is 0 Å². The summed E-state index contributed by atoms with van der Waals surface area (Å²) in [5, 5.41) is 0. The minimum absolute atomic E-state index is 0.807. The highest BCUT2D eigenvalue weighted by atomic mass is 32.2. The lowest BCUT2D eigenvalue weighted by atomic mass is 10.8. The molecule has 3 nitrogen and oxygen atoms in total. The summed E-state index contributed by atoms with van der Waals surface area (Å²) >= 11 is 0. The van der Waals surface area contributed by atoms with Crippen molar-refractivity contribution in [1.82, 2.24) is 0 Å². The van der Waals surface area contributed by atoms with Crippen molar-refractivity contribution < 1.29 is 21.6 Å². The lowest BCUT2D eigenvalue weighted by molar-refractivity contribution is -0.106. The second kappa shape index (κ2) is 2.75. The van der Waals surface area contributed by atoms with Gasteiger partial charge in [0.15, 0.2) is 0 Å². The van der Waals surface area contributed by atoms with Crippen molar-refractivity contribution in [2.24, 2.45) is 0 Å². The standard InChI is InChI=1S/C3H5F3NO2S/c1-7-10(8,9)2-3(4,5)6/h2H2,1H3/q-1. The average molecular weight is 176 g/mol. The Balaban J connectivity index is 4.18. The Hall–Kier alpha value is -0.300. The SMILES string of the molecule is C[N-]S(=O)(=O)CC(F)(F)F. The highest BCUT2D eigenvalue weighted by Gasteiger charge is 2.30. The van der Waals surface area contributed by atoms with Gasteiger partial charge in [-0.3, -0.25) is 0 Å². The molecule has 0 heterocycles. The number of alkyl halides is 3. The van der Waals surface area contributed by atoms with E-state index in [0.29, 0.717) is 0 Å². The molecule has 0 atom stereocenters. The molecule has 0 aromatic carbocycles. The predicted molar refractivity (Wildman–Crippen MR) is 29.1 cm³/mol.